The van der Waals surface area contributed by atoms with Crippen LogP contribution in [0.2, 0.25) is 0 Å². The van der Waals surface area contributed by atoms with Crippen molar-refractivity contribution < 1.29 is 23.5 Å². The third kappa shape index (κ3) is 5.32. The molecule has 1 aliphatic heterocycles. The van der Waals surface area contributed by atoms with Crippen LogP contribution in [-0.4, -0.2) is 51.4 Å². The van der Waals surface area contributed by atoms with E-state index < -0.39 is 17.4 Å². The number of benzene rings is 2. The van der Waals surface area contributed by atoms with Crippen LogP contribution in [0.3, 0.4) is 0 Å². The molecule has 37 heavy (non-hydrogen) atoms. The van der Waals surface area contributed by atoms with E-state index in [1.807, 2.05) is 31.2 Å². The minimum absolute atomic E-state index is 0.00564. The molecule has 0 spiro atoms. The number of halogens is 1. The highest BCUT2D eigenvalue weighted by Crippen LogP contribution is 2.29. The normalized spacial score (nSPS) is 16.8. The molecule has 3 amide bonds. The van der Waals surface area contributed by atoms with Crippen LogP contribution in [0.5, 0.6) is 5.75 Å². The van der Waals surface area contributed by atoms with Crippen LogP contribution >= 0.6 is 0 Å². The Morgan fingerprint density at radius 1 is 1.05 bits per heavy atom. The third-order valence-electron chi connectivity index (χ3n) is 6.49. The number of amides is 3. The molecule has 0 aliphatic carbocycles. The van der Waals surface area contributed by atoms with E-state index in [-0.39, 0.29) is 36.2 Å². The smallest absolute Gasteiger partial charge is 0.273 e. The van der Waals surface area contributed by atoms with Crippen LogP contribution in [-0.2, 0) is 24.4 Å². The van der Waals surface area contributed by atoms with Gasteiger partial charge >= 0.3 is 0 Å². The quantitative estimate of drug-likeness (QED) is 0.463. The van der Waals surface area contributed by atoms with Gasteiger partial charge in [-0.05, 0) is 48.7 Å². The van der Waals surface area contributed by atoms with Gasteiger partial charge in [0.15, 0.2) is 5.69 Å². The summed E-state index contributed by atoms with van der Waals surface area (Å²) in [6.45, 7) is 4.59. The lowest BCUT2D eigenvalue weighted by Gasteiger charge is -2.43. The number of carbonyl (C=O) groups is 3. The zero-order valence-corrected chi connectivity index (χ0v) is 21.1. The molecule has 3 aromatic rings. The average Bonchev–Trinajstić information content (AvgIpc) is 3.33. The first-order chi connectivity index (χ1) is 17.8. The zero-order chi connectivity index (χ0) is 26.6. The highest BCUT2D eigenvalue weighted by atomic mass is 19.1. The van der Waals surface area contributed by atoms with Gasteiger partial charge in [0.05, 0.1) is 20.0 Å². The first-order valence-corrected chi connectivity index (χ1v) is 12.1. The van der Waals surface area contributed by atoms with Gasteiger partial charge in [-0.25, -0.2) is 9.37 Å². The fourth-order valence-corrected chi connectivity index (χ4v) is 4.41. The Hall–Kier alpha value is -4.21. The van der Waals surface area contributed by atoms with Gasteiger partial charge in [-0.1, -0.05) is 31.2 Å². The monoisotopic (exact) mass is 507 g/mol. The SMILES string of the molecule is CCCN1C(=O)c2c(C(=O)NCc3ccc(F)cc3)ncn2CC1(C)C(=O)NCc1ccc(OC)cc1. The van der Waals surface area contributed by atoms with Gasteiger partial charge in [-0.2, -0.15) is 0 Å². The number of hydrogen-bond acceptors (Lipinski definition) is 5. The lowest BCUT2D eigenvalue weighted by atomic mass is 9.93. The van der Waals surface area contributed by atoms with E-state index in [0.29, 0.717) is 25.1 Å². The van der Waals surface area contributed by atoms with E-state index in [9.17, 15) is 18.8 Å². The van der Waals surface area contributed by atoms with E-state index in [1.165, 1.54) is 23.4 Å². The predicted octanol–water partition coefficient (Wildman–Crippen LogP) is 2.90. The van der Waals surface area contributed by atoms with Crippen LogP contribution in [0.1, 0.15) is 52.4 Å². The number of hydrogen-bond donors (Lipinski definition) is 2. The number of ether oxygens (including phenoxy) is 1. The fraction of sp³-hybridized carbons (Fsp3) is 0.333. The van der Waals surface area contributed by atoms with Crippen molar-refractivity contribution in [3.63, 3.8) is 0 Å². The summed E-state index contributed by atoms with van der Waals surface area (Å²) in [4.78, 5) is 45.7. The highest BCUT2D eigenvalue weighted by molar-refractivity contribution is 6.07. The average molecular weight is 508 g/mol. The second kappa shape index (κ2) is 10.8. The fourth-order valence-electron chi connectivity index (χ4n) is 4.41. The van der Waals surface area contributed by atoms with Crippen molar-refractivity contribution in [2.24, 2.45) is 0 Å². The van der Waals surface area contributed by atoms with Gasteiger partial charge in [0.2, 0.25) is 5.91 Å². The topological polar surface area (TPSA) is 106 Å². The van der Waals surface area contributed by atoms with Crippen molar-refractivity contribution in [2.45, 2.75) is 45.4 Å². The van der Waals surface area contributed by atoms with Crippen molar-refractivity contribution in [1.29, 1.82) is 0 Å². The maximum Gasteiger partial charge on any atom is 0.273 e. The number of imidazole rings is 1. The lowest BCUT2D eigenvalue weighted by molar-refractivity contribution is -0.133. The van der Waals surface area contributed by atoms with Gasteiger partial charge in [0, 0.05) is 19.6 Å². The molecule has 2 aromatic carbocycles. The Bertz CT molecular complexity index is 1290. The number of nitrogens with one attached hydrogen (secondary N) is 2. The summed E-state index contributed by atoms with van der Waals surface area (Å²) in [5.74, 6) is -0.892. The molecule has 0 saturated carbocycles. The summed E-state index contributed by atoms with van der Waals surface area (Å²) < 4.78 is 19.9. The van der Waals surface area contributed by atoms with Crippen molar-refractivity contribution in [2.75, 3.05) is 13.7 Å². The third-order valence-corrected chi connectivity index (χ3v) is 6.49. The van der Waals surface area contributed by atoms with E-state index in [0.717, 1.165) is 11.3 Å². The van der Waals surface area contributed by atoms with Gasteiger partial charge in [0.1, 0.15) is 22.8 Å². The van der Waals surface area contributed by atoms with Crippen LogP contribution in [0.25, 0.3) is 0 Å². The highest BCUT2D eigenvalue weighted by Gasteiger charge is 2.48. The Balaban J connectivity index is 1.51. The van der Waals surface area contributed by atoms with E-state index in [1.54, 1.807) is 30.7 Å². The van der Waals surface area contributed by atoms with Crippen molar-refractivity contribution in [3.05, 3.63) is 83.2 Å². The van der Waals surface area contributed by atoms with Crippen LogP contribution in [0.15, 0.2) is 54.9 Å². The first kappa shape index (κ1) is 25.9. The number of rotatable bonds is 9. The number of carbonyl (C=O) groups excluding carboxylic acids is 3. The van der Waals surface area contributed by atoms with Crippen molar-refractivity contribution >= 4 is 17.7 Å². The summed E-state index contributed by atoms with van der Waals surface area (Å²) in [5, 5.41) is 5.68. The maximum atomic E-state index is 13.6. The summed E-state index contributed by atoms with van der Waals surface area (Å²) in [6, 6.07) is 13.1. The molecule has 2 heterocycles. The molecule has 0 saturated heterocycles. The molecule has 194 valence electrons. The number of aromatic nitrogens is 2. The summed E-state index contributed by atoms with van der Waals surface area (Å²) in [5.41, 5.74) is 0.572. The molecule has 1 aromatic heterocycles. The Labute approximate surface area is 214 Å². The molecule has 0 bridgehead atoms. The van der Waals surface area contributed by atoms with E-state index in [2.05, 4.69) is 15.6 Å². The summed E-state index contributed by atoms with van der Waals surface area (Å²) >= 11 is 0. The second-order valence-electron chi connectivity index (χ2n) is 9.14. The Kier molecular flexibility index (Phi) is 7.56. The Morgan fingerprint density at radius 2 is 1.68 bits per heavy atom. The second-order valence-corrected chi connectivity index (χ2v) is 9.14. The largest absolute Gasteiger partial charge is 0.497 e. The molecule has 2 N–H and O–H groups in total. The minimum atomic E-state index is -1.17. The molecule has 0 fully saturated rings. The van der Waals surface area contributed by atoms with Crippen LogP contribution in [0.4, 0.5) is 4.39 Å². The molecule has 1 unspecified atom stereocenters. The van der Waals surface area contributed by atoms with Crippen LogP contribution in [0, 0.1) is 5.82 Å². The van der Waals surface area contributed by atoms with Gasteiger partial charge in [-0.15, -0.1) is 0 Å². The van der Waals surface area contributed by atoms with Crippen molar-refractivity contribution in [1.82, 2.24) is 25.1 Å². The molecule has 1 atom stereocenters. The predicted molar refractivity (Wildman–Crippen MR) is 134 cm³/mol. The van der Waals surface area contributed by atoms with Crippen LogP contribution < -0.4 is 15.4 Å². The number of methoxy groups -OCH3 is 1. The molecular formula is C27H30FN5O4. The number of fused-ring (bicyclic) bond motifs is 1. The molecule has 4 rings (SSSR count). The minimum Gasteiger partial charge on any atom is -0.497 e. The van der Waals surface area contributed by atoms with Gasteiger partial charge < -0.3 is 24.8 Å². The number of nitrogens with zero attached hydrogens (tertiary/aromatic N) is 3. The molecule has 1 aliphatic rings. The standard InChI is InChI=1S/C27H30FN5O4/c1-4-13-33-25(35)23-22(24(34)29-14-18-5-9-20(28)10-6-18)31-17-32(23)16-27(33,2)26(36)30-15-19-7-11-21(37-3)12-8-19/h5-12,17H,4,13-16H2,1-3H3,(H,29,34)(H,30,36). The van der Waals surface area contributed by atoms with Crippen molar-refractivity contribution in [3.8, 4) is 5.75 Å². The first-order valence-electron chi connectivity index (χ1n) is 12.1. The van der Waals surface area contributed by atoms with Gasteiger partial charge in [0.25, 0.3) is 11.8 Å². The molecule has 10 heteroatoms. The zero-order valence-electron chi connectivity index (χ0n) is 21.1. The van der Waals surface area contributed by atoms with E-state index in [4.69, 9.17) is 4.74 Å². The van der Waals surface area contributed by atoms with Gasteiger partial charge in [-0.3, -0.25) is 14.4 Å². The maximum absolute atomic E-state index is 13.6. The Morgan fingerprint density at radius 3 is 2.30 bits per heavy atom. The van der Waals surface area contributed by atoms with E-state index >= 15 is 0 Å². The molecular weight excluding hydrogens is 477 g/mol. The summed E-state index contributed by atoms with van der Waals surface area (Å²) in [6.07, 6.45) is 2.05. The summed E-state index contributed by atoms with van der Waals surface area (Å²) in [7, 11) is 1.59. The molecule has 0 radical (unpaired) electrons. The molecule has 9 nitrogen and oxygen atoms in total. The lowest BCUT2D eigenvalue weighted by Crippen LogP contribution is -2.64.